The molecule has 0 amide bonds. The second-order valence-electron chi connectivity index (χ2n) is 3.16. The lowest BCUT2D eigenvalue weighted by atomic mass is 10.1. The van der Waals surface area contributed by atoms with Crippen LogP contribution in [0.15, 0.2) is 12.2 Å². The Morgan fingerprint density at radius 2 is 2.11 bits per heavy atom. The van der Waals surface area contributed by atoms with E-state index in [0.29, 0.717) is 17.2 Å². The van der Waals surface area contributed by atoms with Crippen molar-refractivity contribution in [2.45, 2.75) is 25.6 Å². The van der Waals surface area contributed by atoms with Gasteiger partial charge in [0.15, 0.2) is 0 Å². The average Bonchev–Trinajstić information content (AvgIpc) is 2.44. The highest BCUT2D eigenvalue weighted by molar-refractivity contribution is 6.21. The van der Waals surface area contributed by atoms with Crippen LogP contribution in [-0.4, -0.2) is 5.38 Å². The number of halogens is 1. The Morgan fingerprint density at radius 1 is 1.67 bits per heavy atom. The molecule has 0 heterocycles. The summed E-state index contributed by atoms with van der Waals surface area (Å²) in [5, 5.41) is 0.331. The third kappa shape index (κ3) is 1.48. The Labute approximate surface area is 61.9 Å². The first-order valence-electron chi connectivity index (χ1n) is 3.44. The van der Waals surface area contributed by atoms with Crippen LogP contribution in [0.4, 0.5) is 0 Å². The standard InChI is InChI=1S/C8H13Cl/c1-5(2)8(9)7-4-6(7)3/h5,7-8H,3-4H2,1-2H3. The highest BCUT2D eigenvalue weighted by Gasteiger charge is 2.35. The molecule has 0 aromatic rings. The Balaban J connectivity index is 2.35. The van der Waals surface area contributed by atoms with E-state index in [9.17, 15) is 0 Å². The summed E-state index contributed by atoms with van der Waals surface area (Å²) in [7, 11) is 0. The molecule has 1 heteroatoms. The van der Waals surface area contributed by atoms with Crippen LogP contribution in [0, 0.1) is 11.8 Å². The maximum absolute atomic E-state index is 6.05. The minimum atomic E-state index is 0.331. The molecule has 0 aliphatic heterocycles. The van der Waals surface area contributed by atoms with Gasteiger partial charge in [0.05, 0.1) is 0 Å². The molecular weight excluding hydrogens is 132 g/mol. The van der Waals surface area contributed by atoms with Crippen LogP contribution in [-0.2, 0) is 0 Å². The van der Waals surface area contributed by atoms with Crippen molar-refractivity contribution < 1.29 is 0 Å². The molecule has 0 spiro atoms. The minimum absolute atomic E-state index is 0.331. The number of hydrogen-bond donors (Lipinski definition) is 0. The first kappa shape index (κ1) is 7.14. The second kappa shape index (κ2) is 2.34. The lowest BCUT2D eigenvalue weighted by Gasteiger charge is -2.10. The summed E-state index contributed by atoms with van der Waals surface area (Å²) >= 11 is 6.05. The van der Waals surface area contributed by atoms with Crippen molar-refractivity contribution in [3.05, 3.63) is 12.2 Å². The third-order valence-corrected chi connectivity index (χ3v) is 2.68. The average molecular weight is 145 g/mol. The summed E-state index contributed by atoms with van der Waals surface area (Å²) in [5.74, 6) is 1.22. The molecule has 52 valence electrons. The molecule has 1 aliphatic rings. The molecule has 2 unspecified atom stereocenters. The van der Waals surface area contributed by atoms with Crippen LogP contribution in [0.5, 0.6) is 0 Å². The predicted octanol–water partition coefficient (Wildman–Crippen LogP) is 2.83. The Hall–Kier alpha value is 0.0300. The molecule has 1 rings (SSSR count). The fourth-order valence-electron chi connectivity index (χ4n) is 1.03. The van der Waals surface area contributed by atoms with Crippen LogP contribution in [0.2, 0.25) is 0 Å². The molecule has 1 aliphatic carbocycles. The van der Waals surface area contributed by atoms with E-state index in [-0.39, 0.29) is 0 Å². The molecule has 0 nitrogen and oxygen atoms in total. The van der Waals surface area contributed by atoms with Crippen molar-refractivity contribution in [3.63, 3.8) is 0 Å². The summed E-state index contributed by atoms with van der Waals surface area (Å²) in [5.41, 5.74) is 1.34. The van der Waals surface area contributed by atoms with Gasteiger partial charge in [-0.2, -0.15) is 0 Å². The molecule has 0 aromatic heterocycles. The SMILES string of the molecule is C=C1CC1C(Cl)C(C)C. The first-order valence-corrected chi connectivity index (χ1v) is 3.88. The van der Waals surface area contributed by atoms with Crippen LogP contribution >= 0.6 is 11.6 Å². The quantitative estimate of drug-likeness (QED) is 0.413. The van der Waals surface area contributed by atoms with Gasteiger partial charge in [0.2, 0.25) is 0 Å². The number of allylic oxidation sites excluding steroid dienone is 1. The second-order valence-corrected chi connectivity index (χ2v) is 3.66. The lowest BCUT2D eigenvalue weighted by Crippen LogP contribution is -2.09. The lowest BCUT2D eigenvalue weighted by molar-refractivity contribution is 0.561. The molecule has 0 bridgehead atoms. The van der Waals surface area contributed by atoms with Gasteiger partial charge in [-0.3, -0.25) is 0 Å². The van der Waals surface area contributed by atoms with Crippen molar-refractivity contribution in [1.82, 2.24) is 0 Å². The van der Waals surface area contributed by atoms with Gasteiger partial charge in [-0.15, -0.1) is 11.6 Å². The largest absolute Gasteiger partial charge is 0.122 e. The molecule has 2 atom stereocenters. The fraction of sp³-hybridized carbons (Fsp3) is 0.750. The molecule has 0 N–H and O–H groups in total. The summed E-state index contributed by atoms with van der Waals surface area (Å²) in [4.78, 5) is 0. The van der Waals surface area contributed by atoms with E-state index in [4.69, 9.17) is 11.6 Å². The molecule has 0 aromatic carbocycles. The predicted molar refractivity (Wildman–Crippen MR) is 41.7 cm³/mol. The summed E-state index contributed by atoms with van der Waals surface area (Å²) in [6.07, 6.45) is 1.16. The number of hydrogen-bond acceptors (Lipinski definition) is 0. The summed E-state index contributed by atoms with van der Waals surface area (Å²) in [6, 6.07) is 0. The van der Waals surface area contributed by atoms with E-state index in [1.807, 2.05) is 0 Å². The summed E-state index contributed by atoms with van der Waals surface area (Å²) < 4.78 is 0. The topological polar surface area (TPSA) is 0 Å². The molecule has 0 radical (unpaired) electrons. The van der Waals surface area contributed by atoms with Crippen molar-refractivity contribution in [3.8, 4) is 0 Å². The van der Waals surface area contributed by atoms with Gasteiger partial charge in [0.25, 0.3) is 0 Å². The van der Waals surface area contributed by atoms with Gasteiger partial charge in [-0.05, 0) is 18.3 Å². The monoisotopic (exact) mass is 144 g/mol. The van der Waals surface area contributed by atoms with E-state index in [0.717, 1.165) is 6.42 Å². The van der Waals surface area contributed by atoms with E-state index in [1.165, 1.54) is 5.57 Å². The Bertz CT molecular complexity index is 127. The fourth-order valence-corrected chi connectivity index (χ4v) is 1.29. The highest BCUT2D eigenvalue weighted by atomic mass is 35.5. The number of alkyl halides is 1. The zero-order valence-corrected chi connectivity index (χ0v) is 6.78. The molecule has 1 fully saturated rings. The van der Waals surface area contributed by atoms with Gasteiger partial charge < -0.3 is 0 Å². The third-order valence-electron chi connectivity index (χ3n) is 1.87. The number of rotatable bonds is 2. The Morgan fingerprint density at radius 3 is 2.22 bits per heavy atom. The van der Waals surface area contributed by atoms with Gasteiger partial charge in [0.1, 0.15) is 0 Å². The van der Waals surface area contributed by atoms with Gasteiger partial charge in [-0.1, -0.05) is 26.0 Å². The maximum atomic E-state index is 6.05. The van der Waals surface area contributed by atoms with E-state index >= 15 is 0 Å². The van der Waals surface area contributed by atoms with Crippen LogP contribution < -0.4 is 0 Å². The van der Waals surface area contributed by atoms with E-state index in [1.54, 1.807) is 0 Å². The van der Waals surface area contributed by atoms with E-state index < -0.39 is 0 Å². The van der Waals surface area contributed by atoms with Crippen molar-refractivity contribution in [2.24, 2.45) is 11.8 Å². The van der Waals surface area contributed by atoms with Crippen LogP contribution in [0.25, 0.3) is 0 Å². The molecular formula is C8H13Cl. The molecule has 9 heavy (non-hydrogen) atoms. The van der Waals surface area contributed by atoms with Crippen LogP contribution in [0.3, 0.4) is 0 Å². The summed E-state index contributed by atoms with van der Waals surface area (Å²) in [6.45, 7) is 8.18. The van der Waals surface area contributed by atoms with Crippen molar-refractivity contribution in [2.75, 3.05) is 0 Å². The normalized spacial score (nSPS) is 28.9. The van der Waals surface area contributed by atoms with Gasteiger partial charge in [-0.25, -0.2) is 0 Å². The van der Waals surface area contributed by atoms with E-state index in [2.05, 4.69) is 20.4 Å². The van der Waals surface area contributed by atoms with Crippen molar-refractivity contribution >= 4 is 11.6 Å². The molecule has 1 saturated carbocycles. The first-order chi connectivity index (χ1) is 4.13. The Kier molecular flexibility index (Phi) is 1.85. The maximum Gasteiger partial charge on any atom is 0.0427 e. The zero-order chi connectivity index (χ0) is 7.02. The van der Waals surface area contributed by atoms with Crippen LogP contribution in [0.1, 0.15) is 20.3 Å². The molecule has 0 saturated heterocycles. The zero-order valence-electron chi connectivity index (χ0n) is 6.02. The minimum Gasteiger partial charge on any atom is -0.122 e. The van der Waals surface area contributed by atoms with Gasteiger partial charge in [0, 0.05) is 5.38 Å². The van der Waals surface area contributed by atoms with Crippen molar-refractivity contribution in [1.29, 1.82) is 0 Å². The van der Waals surface area contributed by atoms with Gasteiger partial charge >= 0.3 is 0 Å². The highest BCUT2D eigenvalue weighted by Crippen LogP contribution is 2.43. The smallest absolute Gasteiger partial charge is 0.0427 e.